The normalized spacial score (nSPS) is 11.5. The van der Waals surface area contributed by atoms with Crippen molar-refractivity contribution in [3.63, 3.8) is 0 Å². The van der Waals surface area contributed by atoms with E-state index < -0.39 is 10.0 Å². The summed E-state index contributed by atoms with van der Waals surface area (Å²) in [7, 11) is -1.91. The quantitative estimate of drug-likeness (QED) is 0.816. The van der Waals surface area contributed by atoms with Crippen LogP contribution in [0.2, 0.25) is 0 Å². The van der Waals surface area contributed by atoms with Gasteiger partial charge in [0, 0.05) is 13.6 Å². The predicted octanol–water partition coefficient (Wildman–Crippen LogP) is 0.216. The van der Waals surface area contributed by atoms with Gasteiger partial charge in [0.05, 0.1) is 5.75 Å². The van der Waals surface area contributed by atoms with Crippen LogP contribution in [-0.2, 0) is 29.4 Å². The van der Waals surface area contributed by atoms with E-state index in [0.717, 1.165) is 5.56 Å². The van der Waals surface area contributed by atoms with Crippen LogP contribution in [0, 0.1) is 0 Å². The molecule has 1 aromatic carbocycles. The Morgan fingerprint density at radius 1 is 1.37 bits per heavy atom. The van der Waals surface area contributed by atoms with Crippen LogP contribution >= 0.6 is 0 Å². The Hall–Kier alpha value is -1.93. The SMILES string of the molecule is Cn1ncnc1NS(=O)(=O)Cc1cccc(CN)c1. The van der Waals surface area contributed by atoms with E-state index in [4.69, 9.17) is 5.73 Å². The second-order valence-corrected chi connectivity index (χ2v) is 5.81. The lowest BCUT2D eigenvalue weighted by Crippen LogP contribution is -2.18. The Balaban J connectivity index is 2.15. The molecule has 0 spiro atoms. The Labute approximate surface area is 111 Å². The fourth-order valence-electron chi connectivity index (χ4n) is 1.63. The third-order valence-corrected chi connectivity index (χ3v) is 3.75. The number of sulfonamides is 1. The van der Waals surface area contributed by atoms with Gasteiger partial charge in [0.15, 0.2) is 0 Å². The van der Waals surface area contributed by atoms with Crippen molar-refractivity contribution in [3.8, 4) is 0 Å². The number of hydrogen-bond acceptors (Lipinski definition) is 5. The highest BCUT2D eigenvalue weighted by molar-refractivity contribution is 7.91. The lowest BCUT2D eigenvalue weighted by molar-refractivity contribution is 0.599. The van der Waals surface area contributed by atoms with Crippen molar-refractivity contribution in [3.05, 3.63) is 41.7 Å². The fourth-order valence-corrected chi connectivity index (χ4v) is 2.78. The Morgan fingerprint density at radius 3 is 2.74 bits per heavy atom. The fraction of sp³-hybridized carbons (Fsp3) is 0.273. The van der Waals surface area contributed by atoms with E-state index in [9.17, 15) is 8.42 Å². The van der Waals surface area contributed by atoms with Gasteiger partial charge in [-0.15, -0.1) is 0 Å². The van der Waals surface area contributed by atoms with Crippen molar-refractivity contribution in [1.29, 1.82) is 0 Å². The molecule has 0 amide bonds. The van der Waals surface area contributed by atoms with Crippen molar-refractivity contribution < 1.29 is 8.42 Å². The first kappa shape index (κ1) is 13.5. The highest BCUT2D eigenvalue weighted by Gasteiger charge is 2.14. The van der Waals surface area contributed by atoms with E-state index >= 15 is 0 Å². The average molecular weight is 281 g/mol. The summed E-state index contributed by atoms with van der Waals surface area (Å²) in [6.45, 7) is 0.380. The second kappa shape index (κ2) is 5.37. The predicted molar refractivity (Wildman–Crippen MR) is 71.6 cm³/mol. The zero-order chi connectivity index (χ0) is 13.9. The number of rotatable bonds is 5. The highest BCUT2D eigenvalue weighted by Crippen LogP contribution is 2.11. The van der Waals surface area contributed by atoms with Gasteiger partial charge in [0.25, 0.3) is 0 Å². The number of nitrogens with two attached hydrogens (primary N) is 1. The maximum absolute atomic E-state index is 12.0. The van der Waals surface area contributed by atoms with Crippen LogP contribution in [0.15, 0.2) is 30.6 Å². The van der Waals surface area contributed by atoms with Gasteiger partial charge in [-0.2, -0.15) is 10.1 Å². The van der Waals surface area contributed by atoms with E-state index in [-0.39, 0.29) is 11.7 Å². The van der Waals surface area contributed by atoms with Crippen LogP contribution in [0.3, 0.4) is 0 Å². The van der Waals surface area contributed by atoms with Gasteiger partial charge in [-0.05, 0) is 11.1 Å². The smallest absolute Gasteiger partial charge is 0.239 e. The van der Waals surface area contributed by atoms with Crippen LogP contribution in [0.4, 0.5) is 5.95 Å². The van der Waals surface area contributed by atoms with Crippen molar-refractivity contribution >= 4 is 16.0 Å². The van der Waals surface area contributed by atoms with Crippen LogP contribution < -0.4 is 10.5 Å². The molecule has 0 radical (unpaired) electrons. The minimum Gasteiger partial charge on any atom is -0.326 e. The molecule has 1 heterocycles. The first-order valence-corrected chi connectivity index (χ1v) is 7.28. The minimum atomic E-state index is -3.52. The van der Waals surface area contributed by atoms with Crippen molar-refractivity contribution in [2.75, 3.05) is 4.72 Å². The van der Waals surface area contributed by atoms with Crippen molar-refractivity contribution in [2.45, 2.75) is 12.3 Å². The van der Waals surface area contributed by atoms with E-state index in [2.05, 4.69) is 14.8 Å². The molecule has 1 aromatic heterocycles. The molecule has 0 saturated carbocycles. The van der Waals surface area contributed by atoms with E-state index in [1.807, 2.05) is 6.07 Å². The number of nitrogens with one attached hydrogen (secondary N) is 1. The summed E-state index contributed by atoms with van der Waals surface area (Å²) in [4.78, 5) is 3.82. The molecule has 2 aromatic rings. The summed E-state index contributed by atoms with van der Waals surface area (Å²) in [5, 5.41) is 3.80. The van der Waals surface area contributed by atoms with E-state index in [1.165, 1.54) is 11.0 Å². The zero-order valence-corrected chi connectivity index (χ0v) is 11.3. The molecule has 2 rings (SSSR count). The molecule has 7 nitrogen and oxygen atoms in total. The summed E-state index contributed by atoms with van der Waals surface area (Å²) in [6, 6.07) is 7.16. The second-order valence-electron chi connectivity index (χ2n) is 4.09. The summed E-state index contributed by atoms with van der Waals surface area (Å²) >= 11 is 0. The van der Waals surface area contributed by atoms with E-state index in [1.54, 1.807) is 25.2 Å². The van der Waals surface area contributed by atoms with Gasteiger partial charge in [-0.1, -0.05) is 24.3 Å². The third kappa shape index (κ3) is 3.52. The molecular formula is C11H15N5O2S. The monoisotopic (exact) mass is 281 g/mol. The first-order chi connectivity index (χ1) is 9.00. The third-order valence-electron chi connectivity index (χ3n) is 2.54. The summed E-state index contributed by atoms with van der Waals surface area (Å²) < 4.78 is 27.7. The number of aryl methyl sites for hydroxylation is 1. The van der Waals surface area contributed by atoms with Crippen LogP contribution in [0.1, 0.15) is 11.1 Å². The molecular weight excluding hydrogens is 266 g/mol. The van der Waals surface area contributed by atoms with Crippen LogP contribution in [0.25, 0.3) is 0 Å². The highest BCUT2D eigenvalue weighted by atomic mass is 32.2. The maximum Gasteiger partial charge on any atom is 0.239 e. The molecule has 0 aliphatic carbocycles. The topological polar surface area (TPSA) is 103 Å². The lowest BCUT2D eigenvalue weighted by atomic mass is 10.1. The molecule has 0 fully saturated rings. The molecule has 102 valence electrons. The Kier molecular flexibility index (Phi) is 3.82. The summed E-state index contributed by atoms with van der Waals surface area (Å²) in [5.74, 6) is 0.0585. The van der Waals surface area contributed by atoms with Gasteiger partial charge < -0.3 is 5.73 Å². The number of anilines is 1. The first-order valence-electron chi connectivity index (χ1n) is 5.62. The summed E-state index contributed by atoms with van der Waals surface area (Å²) in [5.41, 5.74) is 7.10. The Bertz CT molecular complexity index is 665. The molecule has 0 unspecified atom stereocenters. The maximum atomic E-state index is 12.0. The zero-order valence-electron chi connectivity index (χ0n) is 10.4. The number of nitrogens with zero attached hydrogens (tertiary/aromatic N) is 3. The van der Waals surface area contributed by atoms with Crippen LogP contribution in [-0.4, -0.2) is 23.2 Å². The molecule has 19 heavy (non-hydrogen) atoms. The van der Waals surface area contributed by atoms with Gasteiger partial charge in [-0.25, -0.2) is 13.1 Å². The standard InChI is InChI=1S/C11H15N5O2S/c1-16-11(13-8-14-16)15-19(17,18)7-10-4-2-3-9(5-10)6-12/h2-5,8H,6-7,12H2,1H3,(H,13,14,15). The van der Waals surface area contributed by atoms with Gasteiger partial charge in [0.1, 0.15) is 6.33 Å². The number of hydrogen-bond donors (Lipinski definition) is 2. The molecule has 0 atom stereocenters. The lowest BCUT2D eigenvalue weighted by Gasteiger charge is -2.07. The van der Waals surface area contributed by atoms with Gasteiger partial charge in [0.2, 0.25) is 16.0 Å². The Morgan fingerprint density at radius 2 is 2.11 bits per heavy atom. The van der Waals surface area contributed by atoms with E-state index in [0.29, 0.717) is 12.1 Å². The van der Waals surface area contributed by atoms with Crippen molar-refractivity contribution in [2.24, 2.45) is 12.8 Å². The van der Waals surface area contributed by atoms with Crippen LogP contribution in [0.5, 0.6) is 0 Å². The molecule has 0 bridgehead atoms. The molecule has 8 heteroatoms. The molecule has 0 aliphatic rings. The molecule has 0 saturated heterocycles. The van der Waals surface area contributed by atoms with Crippen molar-refractivity contribution in [1.82, 2.24) is 14.8 Å². The largest absolute Gasteiger partial charge is 0.326 e. The van der Waals surface area contributed by atoms with Gasteiger partial charge in [-0.3, -0.25) is 4.72 Å². The molecule has 0 aliphatic heterocycles. The minimum absolute atomic E-state index is 0.131. The molecule has 3 N–H and O–H groups in total. The summed E-state index contributed by atoms with van der Waals surface area (Å²) in [6.07, 6.45) is 1.28. The number of aromatic nitrogens is 3. The van der Waals surface area contributed by atoms with Gasteiger partial charge >= 0.3 is 0 Å². The average Bonchev–Trinajstić information content (AvgIpc) is 2.74. The number of benzene rings is 1.